The number of anilines is 1. The van der Waals surface area contributed by atoms with Gasteiger partial charge in [0.1, 0.15) is 0 Å². The maximum absolute atomic E-state index is 12.2. The summed E-state index contributed by atoms with van der Waals surface area (Å²) in [6, 6.07) is 5.01. The lowest BCUT2D eigenvalue weighted by atomic mass is 10.00. The molecule has 0 saturated heterocycles. The van der Waals surface area contributed by atoms with Crippen molar-refractivity contribution in [3.8, 4) is 0 Å². The van der Waals surface area contributed by atoms with Crippen molar-refractivity contribution in [1.82, 2.24) is 0 Å². The van der Waals surface area contributed by atoms with Gasteiger partial charge < -0.3 is 5.11 Å². The molecular weight excluding hydrogens is 287 g/mol. The lowest BCUT2D eigenvalue weighted by Gasteiger charge is -2.16. The predicted octanol–water partition coefficient (Wildman–Crippen LogP) is 2.14. The van der Waals surface area contributed by atoms with Gasteiger partial charge in [-0.15, -0.1) is 0 Å². The summed E-state index contributed by atoms with van der Waals surface area (Å²) in [4.78, 5) is 10.8. The van der Waals surface area contributed by atoms with E-state index in [9.17, 15) is 26.4 Å². The second kappa shape index (κ2) is 5.08. The number of carbonyl (C=O) groups is 1. The third kappa shape index (κ3) is 3.37. The molecule has 0 fully saturated rings. The largest absolute Gasteiger partial charge is 0.516 e. The van der Waals surface area contributed by atoms with Crippen LogP contribution in [0.1, 0.15) is 18.4 Å². The topological polar surface area (TPSA) is 83.5 Å². The standard InChI is InChI=1S/C10H10F3NO4S/c1-6(9(15)16)7-4-2-3-5-8(7)14-19(17,18)10(11,12)13/h2-6,14H,1H3,(H,15,16)/t6-/m1/s1. The Morgan fingerprint density at radius 2 is 1.84 bits per heavy atom. The molecular formula is C10H10F3NO4S. The van der Waals surface area contributed by atoms with Crippen molar-refractivity contribution >= 4 is 21.7 Å². The first kappa shape index (κ1) is 15.3. The quantitative estimate of drug-likeness (QED) is 0.891. The van der Waals surface area contributed by atoms with Crippen LogP contribution < -0.4 is 4.72 Å². The van der Waals surface area contributed by atoms with E-state index >= 15 is 0 Å². The molecule has 0 aliphatic carbocycles. The third-order valence-corrected chi connectivity index (χ3v) is 3.44. The number of sulfonamides is 1. The van der Waals surface area contributed by atoms with Crippen molar-refractivity contribution < 1.29 is 31.5 Å². The SMILES string of the molecule is C[C@@H](C(=O)O)c1ccccc1NS(=O)(=O)C(F)(F)F. The number of hydrogen-bond donors (Lipinski definition) is 2. The number of rotatable bonds is 4. The lowest BCUT2D eigenvalue weighted by Crippen LogP contribution is -2.30. The molecule has 1 rings (SSSR count). The van der Waals surface area contributed by atoms with Gasteiger partial charge in [-0.05, 0) is 18.6 Å². The van der Waals surface area contributed by atoms with Crippen LogP contribution in [0.3, 0.4) is 0 Å². The maximum Gasteiger partial charge on any atom is 0.516 e. The van der Waals surface area contributed by atoms with Crippen LogP contribution in [0.5, 0.6) is 0 Å². The second-order valence-electron chi connectivity index (χ2n) is 3.70. The first-order chi connectivity index (χ1) is 8.56. The molecule has 0 amide bonds. The molecule has 0 spiro atoms. The zero-order valence-electron chi connectivity index (χ0n) is 9.60. The number of alkyl halides is 3. The number of benzene rings is 1. The first-order valence-corrected chi connectivity index (χ1v) is 6.45. The van der Waals surface area contributed by atoms with E-state index in [4.69, 9.17) is 5.11 Å². The molecule has 2 N–H and O–H groups in total. The Labute approximate surface area is 107 Å². The minimum absolute atomic E-state index is 0.0529. The normalized spacial score (nSPS) is 13.9. The van der Waals surface area contributed by atoms with E-state index < -0.39 is 33.1 Å². The summed E-state index contributed by atoms with van der Waals surface area (Å²) in [5.74, 6) is -2.43. The van der Waals surface area contributed by atoms with Gasteiger partial charge in [-0.1, -0.05) is 18.2 Å². The molecule has 0 aromatic heterocycles. The zero-order chi connectivity index (χ0) is 14.8. The molecule has 9 heteroatoms. The highest BCUT2D eigenvalue weighted by Crippen LogP contribution is 2.30. The van der Waals surface area contributed by atoms with E-state index in [0.717, 1.165) is 6.07 Å². The number of carboxylic acid groups (broad SMARTS) is 1. The van der Waals surface area contributed by atoms with Gasteiger partial charge in [-0.25, -0.2) is 0 Å². The Hall–Kier alpha value is -1.77. The minimum atomic E-state index is -5.58. The summed E-state index contributed by atoms with van der Waals surface area (Å²) in [7, 11) is -5.58. The average molecular weight is 297 g/mol. The molecule has 0 bridgehead atoms. The van der Waals surface area contributed by atoms with Crippen molar-refractivity contribution in [2.24, 2.45) is 0 Å². The number of halogens is 3. The third-order valence-electron chi connectivity index (χ3n) is 2.35. The van der Waals surface area contributed by atoms with Gasteiger partial charge in [0.2, 0.25) is 0 Å². The molecule has 0 unspecified atom stereocenters. The monoisotopic (exact) mass is 297 g/mol. The van der Waals surface area contributed by atoms with Gasteiger partial charge in [-0.2, -0.15) is 21.6 Å². The summed E-state index contributed by atoms with van der Waals surface area (Å²) in [5, 5.41) is 8.82. The van der Waals surface area contributed by atoms with Crippen LogP contribution in [-0.2, 0) is 14.8 Å². The number of para-hydroxylation sites is 1. The van der Waals surface area contributed by atoms with Gasteiger partial charge in [0.05, 0.1) is 11.6 Å². The van der Waals surface area contributed by atoms with Crippen LogP contribution in [0.2, 0.25) is 0 Å². The van der Waals surface area contributed by atoms with Gasteiger partial charge in [0.15, 0.2) is 0 Å². The number of aliphatic carboxylic acids is 1. The molecule has 106 valence electrons. The van der Waals surface area contributed by atoms with E-state index in [1.165, 1.54) is 29.8 Å². The fraction of sp³-hybridized carbons (Fsp3) is 0.300. The summed E-state index contributed by atoms with van der Waals surface area (Å²) in [6.45, 7) is 1.24. The molecule has 0 heterocycles. The summed E-state index contributed by atoms with van der Waals surface area (Å²) < 4.78 is 60.0. The van der Waals surface area contributed by atoms with Crippen LogP contribution in [0.15, 0.2) is 24.3 Å². The van der Waals surface area contributed by atoms with E-state index in [0.29, 0.717) is 0 Å². The molecule has 0 aliphatic rings. The number of nitrogens with one attached hydrogen (secondary N) is 1. The van der Waals surface area contributed by atoms with E-state index in [1.807, 2.05) is 0 Å². The van der Waals surface area contributed by atoms with E-state index in [1.54, 1.807) is 0 Å². The molecule has 5 nitrogen and oxygen atoms in total. The van der Waals surface area contributed by atoms with Crippen molar-refractivity contribution in [2.75, 3.05) is 4.72 Å². The maximum atomic E-state index is 12.2. The highest BCUT2D eigenvalue weighted by atomic mass is 32.2. The van der Waals surface area contributed by atoms with Crippen LogP contribution in [0, 0.1) is 0 Å². The second-order valence-corrected chi connectivity index (χ2v) is 5.37. The summed E-state index contributed by atoms with van der Waals surface area (Å²) in [6.07, 6.45) is 0. The van der Waals surface area contributed by atoms with Crippen molar-refractivity contribution in [3.63, 3.8) is 0 Å². The van der Waals surface area contributed by atoms with Gasteiger partial charge in [0.25, 0.3) is 0 Å². The Morgan fingerprint density at radius 3 is 2.32 bits per heavy atom. The Kier molecular flexibility index (Phi) is 4.09. The van der Waals surface area contributed by atoms with Crippen LogP contribution in [0.25, 0.3) is 0 Å². The molecule has 1 aromatic rings. The highest BCUT2D eigenvalue weighted by Gasteiger charge is 2.46. The van der Waals surface area contributed by atoms with Crippen LogP contribution in [-0.4, -0.2) is 25.0 Å². The minimum Gasteiger partial charge on any atom is -0.481 e. The molecule has 0 radical (unpaired) electrons. The Bertz CT molecular complexity index is 583. The Morgan fingerprint density at radius 1 is 1.32 bits per heavy atom. The summed E-state index contributed by atoms with van der Waals surface area (Å²) >= 11 is 0. The van der Waals surface area contributed by atoms with Gasteiger partial charge in [0, 0.05) is 0 Å². The van der Waals surface area contributed by atoms with Crippen LogP contribution >= 0.6 is 0 Å². The average Bonchev–Trinajstić information content (AvgIpc) is 2.26. The number of carboxylic acids is 1. The fourth-order valence-corrected chi connectivity index (χ4v) is 1.89. The molecule has 0 saturated carbocycles. The van der Waals surface area contributed by atoms with Crippen molar-refractivity contribution in [3.05, 3.63) is 29.8 Å². The first-order valence-electron chi connectivity index (χ1n) is 4.97. The number of hydrogen-bond acceptors (Lipinski definition) is 3. The van der Waals surface area contributed by atoms with E-state index in [-0.39, 0.29) is 5.56 Å². The smallest absolute Gasteiger partial charge is 0.481 e. The molecule has 1 atom stereocenters. The predicted molar refractivity (Wildman–Crippen MR) is 61.1 cm³/mol. The lowest BCUT2D eigenvalue weighted by molar-refractivity contribution is -0.138. The van der Waals surface area contributed by atoms with Gasteiger partial charge in [-0.3, -0.25) is 9.52 Å². The molecule has 19 heavy (non-hydrogen) atoms. The zero-order valence-corrected chi connectivity index (χ0v) is 10.4. The summed E-state index contributed by atoms with van der Waals surface area (Å²) in [5.41, 5.74) is -5.93. The fourth-order valence-electron chi connectivity index (χ4n) is 1.30. The Balaban J connectivity index is 3.20. The van der Waals surface area contributed by atoms with Crippen LogP contribution in [0.4, 0.5) is 18.9 Å². The molecule has 0 aliphatic heterocycles. The van der Waals surface area contributed by atoms with Crippen molar-refractivity contribution in [1.29, 1.82) is 0 Å². The van der Waals surface area contributed by atoms with Gasteiger partial charge >= 0.3 is 21.5 Å². The van der Waals surface area contributed by atoms with E-state index in [2.05, 4.69) is 0 Å². The highest BCUT2D eigenvalue weighted by molar-refractivity contribution is 7.93. The van der Waals surface area contributed by atoms with Crippen molar-refractivity contribution in [2.45, 2.75) is 18.3 Å². The molecule has 1 aromatic carbocycles.